The van der Waals surface area contributed by atoms with E-state index in [1.807, 2.05) is 6.92 Å². The minimum atomic E-state index is -1.48. The fourth-order valence-electron chi connectivity index (χ4n) is 0.706. The van der Waals surface area contributed by atoms with Crippen LogP contribution in [0, 0.1) is 0 Å². The summed E-state index contributed by atoms with van der Waals surface area (Å²) in [4.78, 5) is 0. The smallest absolute Gasteiger partial charge is 0.149 e. The molecule has 0 fully saturated rings. The Hall–Kier alpha value is -0.400. The van der Waals surface area contributed by atoms with Crippen LogP contribution in [-0.4, -0.2) is 12.3 Å². The molecule has 0 radical (unpaired) electrons. The van der Waals surface area contributed by atoms with Crippen LogP contribution in [0.15, 0.2) is 12.7 Å². The van der Waals surface area contributed by atoms with E-state index in [2.05, 4.69) is 6.58 Å². The van der Waals surface area contributed by atoms with Crippen LogP contribution in [0.5, 0.6) is 0 Å². The maximum absolute atomic E-state index is 12.5. The number of alkyl halides is 2. The summed E-state index contributed by atoms with van der Waals surface area (Å²) in [6.45, 7) is 5.13. The lowest BCUT2D eigenvalue weighted by Crippen LogP contribution is -2.13. The molecule has 0 saturated heterocycles. The van der Waals surface area contributed by atoms with E-state index in [0.29, 0.717) is 6.42 Å². The van der Waals surface area contributed by atoms with Crippen LogP contribution in [0.2, 0.25) is 0 Å². The van der Waals surface area contributed by atoms with Crippen molar-refractivity contribution in [3.05, 3.63) is 12.7 Å². The van der Waals surface area contributed by atoms with Gasteiger partial charge in [0.2, 0.25) is 0 Å². The van der Waals surface area contributed by atoms with Crippen LogP contribution in [-0.2, 0) is 0 Å². The van der Waals surface area contributed by atoms with E-state index in [1.54, 1.807) is 0 Å². The lowest BCUT2D eigenvalue weighted by Gasteiger charge is -2.07. The Labute approximate surface area is 60.9 Å². The number of unbranched alkanes of at least 4 members (excludes halogenated alkanes) is 1. The van der Waals surface area contributed by atoms with Crippen molar-refractivity contribution in [1.82, 2.24) is 0 Å². The Morgan fingerprint density at radius 2 is 2.10 bits per heavy atom. The van der Waals surface area contributed by atoms with Crippen LogP contribution in [0.3, 0.4) is 0 Å². The first-order chi connectivity index (χ1) is 4.72. The molecule has 2 unspecified atom stereocenters. The highest BCUT2D eigenvalue weighted by Gasteiger charge is 2.15. The predicted molar refractivity (Wildman–Crippen MR) is 39.5 cm³/mol. The fourth-order valence-corrected chi connectivity index (χ4v) is 0.706. The van der Waals surface area contributed by atoms with Crippen molar-refractivity contribution in [2.45, 2.75) is 38.5 Å². The van der Waals surface area contributed by atoms with Gasteiger partial charge in [-0.05, 0) is 6.42 Å². The standard InChI is InChI=1S/C8H14F2/c1-3-5-6-8(10)7(9)4-2/h4,7-8H,2-3,5-6H2,1H3. The molecule has 0 aromatic carbocycles. The van der Waals surface area contributed by atoms with E-state index in [9.17, 15) is 8.78 Å². The third-order valence-electron chi connectivity index (χ3n) is 1.40. The summed E-state index contributed by atoms with van der Waals surface area (Å²) in [5, 5.41) is 0. The van der Waals surface area contributed by atoms with E-state index in [-0.39, 0.29) is 0 Å². The predicted octanol–water partition coefficient (Wildman–Crippen LogP) is 3.04. The summed E-state index contributed by atoms with van der Waals surface area (Å²) >= 11 is 0. The largest absolute Gasteiger partial charge is 0.244 e. The molecule has 0 amide bonds. The lowest BCUT2D eigenvalue weighted by atomic mass is 10.1. The summed E-state index contributed by atoms with van der Waals surface area (Å²) in [7, 11) is 0. The van der Waals surface area contributed by atoms with E-state index in [1.165, 1.54) is 0 Å². The SMILES string of the molecule is C=CC(F)C(F)CCCC. The Kier molecular flexibility index (Phi) is 5.17. The van der Waals surface area contributed by atoms with Crippen LogP contribution >= 0.6 is 0 Å². The van der Waals surface area contributed by atoms with Gasteiger partial charge in [-0.2, -0.15) is 0 Å². The van der Waals surface area contributed by atoms with Crippen molar-refractivity contribution >= 4 is 0 Å². The zero-order chi connectivity index (χ0) is 7.98. The molecule has 0 aromatic heterocycles. The minimum Gasteiger partial charge on any atom is -0.244 e. The summed E-state index contributed by atoms with van der Waals surface area (Å²) in [5.74, 6) is 0. The Bertz CT molecular complexity index is 91.3. The van der Waals surface area contributed by atoms with E-state index in [4.69, 9.17) is 0 Å². The van der Waals surface area contributed by atoms with Gasteiger partial charge in [0.05, 0.1) is 0 Å². The highest BCUT2D eigenvalue weighted by Crippen LogP contribution is 2.12. The highest BCUT2D eigenvalue weighted by atomic mass is 19.2. The Balaban J connectivity index is 3.40. The van der Waals surface area contributed by atoms with Crippen LogP contribution < -0.4 is 0 Å². The Morgan fingerprint density at radius 3 is 2.50 bits per heavy atom. The summed E-state index contributed by atoms with van der Waals surface area (Å²) in [6, 6.07) is 0. The molecule has 0 saturated carbocycles. The number of hydrogen-bond donors (Lipinski definition) is 0. The topological polar surface area (TPSA) is 0 Å². The quantitative estimate of drug-likeness (QED) is 0.526. The maximum Gasteiger partial charge on any atom is 0.149 e. The third-order valence-corrected chi connectivity index (χ3v) is 1.40. The molecule has 0 spiro atoms. The van der Waals surface area contributed by atoms with Crippen molar-refractivity contribution in [1.29, 1.82) is 0 Å². The van der Waals surface area contributed by atoms with Gasteiger partial charge in [0, 0.05) is 0 Å². The monoisotopic (exact) mass is 148 g/mol. The van der Waals surface area contributed by atoms with Gasteiger partial charge in [0.25, 0.3) is 0 Å². The second-order valence-corrected chi connectivity index (χ2v) is 2.34. The second kappa shape index (κ2) is 5.39. The molecule has 0 rings (SSSR count). The normalized spacial score (nSPS) is 16.3. The Morgan fingerprint density at radius 1 is 1.50 bits per heavy atom. The molecule has 0 aliphatic carbocycles. The van der Waals surface area contributed by atoms with Gasteiger partial charge in [-0.25, -0.2) is 8.78 Å². The molecule has 2 heteroatoms. The van der Waals surface area contributed by atoms with Gasteiger partial charge in [0.15, 0.2) is 0 Å². The average molecular weight is 148 g/mol. The van der Waals surface area contributed by atoms with Gasteiger partial charge in [-0.1, -0.05) is 25.8 Å². The number of hydrogen-bond acceptors (Lipinski definition) is 0. The second-order valence-electron chi connectivity index (χ2n) is 2.34. The van der Waals surface area contributed by atoms with E-state index in [0.717, 1.165) is 18.9 Å². The van der Waals surface area contributed by atoms with Crippen LogP contribution in [0.4, 0.5) is 8.78 Å². The third kappa shape index (κ3) is 3.59. The molecular weight excluding hydrogens is 134 g/mol. The average Bonchev–Trinajstić information content (AvgIpc) is 1.98. The number of allylic oxidation sites excluding steroid dienone is 1. The molecule has 10 heavy (non-hydrogen) atoms. The fraction of sp³-hybridized carbons (Fsp3) is 0.750. The molecular formula is C8H14F2. The molecule has 0 aromatic rings. The van der Waals surface area contributed by atoms with Crippen molar-refractivity contribution < 1.29 is 8.78 Å². The first-order valence-corrected chi connectivity index (χ1v) is 3.63. The van der Waals surface area contributed by atoms with Crippen molar-refractivity contribution in [3.63, 3.8) is 0 Å². The molecule has 0 N–H and O–H groups in total. The van der Waals surface area contributed by atoms with Crippen LogP contribution in [0.25, 0.3) is 0 Å². The molecule has 0 aliphatic heterocycles. The molecule has 0 aliphatic rings. The zero-order valence-electron chi connectivity index (χ0n) is 6.32. The van der Waals surface area contributed by atoms with E-state index >= 15 is 0 Å². The van der Waals surface area contributed by atoms with Crippen LogP contribution in [0.1, 0.15) is 26.2 Å². The summed E-state index contributed by atoms with van der Waals surface area (Å²) in [5.41, 5.74) is 0. The van der Waals surface area contributed by atoms with Gasteiger partial charge in [0.1, 0.15) is 12.3 Å². The molecule has 60 valence electrons. The minimum absolute atomic E-state index is 0.309. The van der Waals surface area contributed by atoms with Crippen molar-refractivity contribution in [2.75, 3.05) is 0 Å². The molecule has 2 atom stereocenters. The first-order valence-electron chi connectivity index (χ1n) is 3.63. The van der Waals surface area contributed by atoms with Gasteiger partial charge < -0.3 is 0 Å². The van der Waals surface area contributed by atoms with Gasteiger partial charge in [-0.3, -0.25) is 0 Å². The van der Waals surface area contributed by atoms with Crippen molar-refractivity contribution in [2.24, 2.45) is 0 Å². The van der Waals surface area contributed by atoms with Gasteiger partial charge >= 0.3 is 0 Å². The maximum atomic E-state index is 12.5. The molecule has 0 bridgehead atoms. The van der Waals surface area contributed by atoms with Gasteiger partial charge in [-0.15, -0.1) is 6.58 Å². The summed E-state index contributed by atoms with van der Waals surface area (Å²) < 4.78 is 24.9. The number of rotatable bonds is 5. The van der Waals surface area contributed by atoms with E-state index < -0.39 is 12.3 Å². The summed E-state index contributed by atoms with van der Waals surface area (Å²) in [6.07, 6.45) is 0.146. The molecule has 0 nitrogen and oxygen atoms in total. The first kappa shape index (κ1) is 9.60. The lowest BCUT2D eigenvalue weighted by molar-refractivity contribution is 0.191. The van der Waals surface area contributed by atoms with Crippen molar-refractivity contribution in [3.8, 4) is 0 Å². The number of halogens is 2. The highest BCUT2D eigenvalue weighted by molar-refractivity contribution is 4.84. The molecule has 0 heterocycles. The zero-order valence-corrected chi connectivity index (χ0v) is 6.32.